The number of aliphatic hydroxyl groups is 1. The largest absolute Gasteiger partial charge is 0.463 e. The molecule has 0 aromatic heterocycles. The van der Waals surface area contributed by atoms with E-state index >= 15 is 0 Å². The predicted octanol–water partition coefficient (Wildman–Crippen LogP) is 1.63. The Kier molecular flexibility index (Phi) is 6.75. The minimum atomic E-state index is -1.09. The van der Waals surface area contributed by atoms with Gasteiger partial charge in [-0.05, 0) is 19.3 Å². The molecule has 1 aliphatic carbocycles. The average Bonchev–Trinajstić information content (AvgIpc) is 3.00. The van der Waals surface area contributed by atoms with Crippen LogP contribution in [0.3, 0.4) is 0 Å². The molecule has 8 nitrogen and oxygen atoms in total. The second-order valence-corrected chi connectivity index (χ2v) is 7.74. The molecule has 1 spiro atoms. The van der Waals surface area contributed by atoms with Gasteiger partial charge in [-0.25, -0.2) is 0 Å². The van der Waals surface area contributed by atoms with Crippen LogP contribution < -0.4 is 0 Å². The third-order valence-electron chi connectivity index (χ3n) is 5.52. The summed E-state index contributed by atoms with van der Waals surface area (Å²) in [5, 5.41) is 10.6. The van der Waals surface area contributed by atoms with Gasteiger partial charge in [0.1, 0.15) is 37.1 Å². The summed E-state index contributed by atoms with van der Waals surface area (Å²) in [5.41, 5.74) is 0. The van der Waals surface area contributed by atoms with Gasteiger partial charge in [0, 0.05) is 26.7 Å². The van der Waals surface area contributed by atoms with E-state index in [4.69, 9.17) is 23.7 Å². The van der Waals surface area contributed by atoms with Gasteiger partial charge < -0.3 is 28.8 Å². The Labute approximate surface area is 165 Å². The van der Waals surface area contributed by atoms with Crippen molar-refractivity contribution in [3.63, 3.8) is 0 Å². The minimum absolute atomic E-state index is 0.210. The van der Waals surface area contributed by atoms with E-state index in [0.717, 1.165) is 32.1 Å². The third-order valence-corrected chi connectivity index (χ3v) is 5.52. The van der Waals surface area contributed by atoms with Crippen LogP contribution in [0.15, 0.2) is 12.7 Å². The first-order chi connectivity index (χ1) is 13.3. The molecule has 158 valence electrons. The van der Waals surface area contributed by atoms with Crippen LogP contribution in [-0.2, 0) is 33.3 Å². The molecule has 28 heavy (non-hydrogen) atoms. The highest BCUT2D eigenvalue weighted by atomic mass is 16.8. The number of carbonyl (C=O) groups is 2. The van der Waals surface area contributed by atoms with Crippen LogP contribution in [0.5, 0.6) is 0 Å². The maximum atomic E-state index is 11.7. The van der Waals surface area contributed by atoms with Crippen LogP contribution in [0.1, 0.15) is 52.4 Å². The summed E-state index contributed by atoms with van der Waals surface area (Å²) in [7, 11) is 0. The van der Waals surface area contributed by atoms with Crippen LogP contribution in [0.4, 0.5) is 0 Å². The van der Waals surface area contributed by atoms with Crippen LogP contribution in [-0.4, -0.2) is 66.1 Å². The number of hydrogen-bond acceptors (Lipinski definition) is 8. The topological polar surface area (TPSA) is 101 Å². The second kappa shape index (κ2) is 8.90. The fourth-order valence-electron chi connectivity index (χ4n) is 4.36. The van der Waals surface area contributed by atoms with Gasteiger partial charge in [0.25, 0.3) is 0 Å². The second-order valence-electron chi connectivity index (χ2n) is 7.74. The predicted molar refractivity (Wildman–Crippen MR) is 97.2 cm³/mol. The summed E-state index contributed by atoms with van der Waals surface area (Å²) < 4.78 is 29.3. The number of rotatable bonds is 6. The van der Waals surface area contributed by atoms with Gasteiger partial charge in [-0.3, -0.25) is 9.59 Å². The number of carbonyl (C=O) groups excluding carboxylic acids is 2. The van der Waals surface area contributed by atoms with Crippen LogP contribution >= 0.6 is 0 Å². The number of hydrogen-bond donors (Lipinski definition) is 1. The molecule has 2 aliphatic heterocycles. The van der Waals surface area contributed by atoms with Gasteiger partial charge >= 0.3 is 11.9 Å². The molecule has 2 unspecified atom stereocenters. The maximum Gasteiger partial charge on any atom is 0.303 e. The van der Waals surface area contributed by atoms with Gasteiger partial charge in [0.2, 0.25) is 0 Å². The highest BCUT2D eigenvalue weighted by molar-refractivity contribution is 5.66. The molecule has 2 saturated heterocycles. The van der Waals surface area contributed by atoms with Crippen molar-refractivity contribution >= 4 is 11.9 Å². The number of esters is 2. The lowest BCUT2D eigenvalue weighted by atomic mass is 9.91. The summed E-state index contributed by atoms with van der Waals surface area (Å²) in [5.74, 6) is -1.68. The summed E-state index contributed by atoms with van der Waals surface area (Å²) >= 11 is 0. The van der Waals surface area contributed by atoms with Crippen molar-refractivity contribution < 1.29 is 38.4 Å². The first-order valence-electron chi connectivity index (χ1n) is 9.96. The van der Waals surface area contributed by atoms with Gasteiger partial charge in [0.05, 0.1) is 0 Å². The smallest absolute Gasteiger partial charge is 0.303 e. The fraction of sp³-hybridized carbons (Fsp3) is 0.800. The van der Waals surface area contributed by atoms with E-state index in [2.05, 4.69) is 6.58 Å². The van der Waals surface area contributed by atoms with Crippen LogP contribution in [0, 0.1) is 0 Å². The van der Waals surface area contributed by atoms with Crippen molar-refractivity contribution in [3.8, 4) is 0 Å². The Morgan fingerprint density at radius 1 is 1.18 bits per heavy atom. The molecule has 0 bridgehead atoms. The van der Waals surface area contributed by atoms with Crippen molar-refractivity contribution in [1.29, 1.82) is 0 Å². The summed E-state index contributed by atoms with van der Waals surface area (Å²) in [4.78, 5) is 22.8. The fourth-order valence-corrected chi connectivity index (χ4v) is 4.36. The SMILES string of the molecule is C=CCC1O[C@@H]([C@H](O)COC(C)=O)[C@H]2OC3(CCCCC3)OC2[C@H]1OC(C)=O. The molecule has 0 radical (unpaired) electrons. The third kappa shape index (κ3) is 4.56. The zero-order valence-electron chi connectivity index (χ0n) is 16.5. The molecule has 0 aromatic rings. The number of ether oxygens (including phenoxy) is 5. The van der Waals surface area contributed by atoms with Crippen molar-refractivity contribution in [2.45, 2.75) is 94.8 Å². The Balaban J connectivity index is 1.86. The Hall–Kier alpha value is -1.48. The lowest BCUT2D eigenvalue weighted by molar-refractivity contribution is -0.227. The zero-order valence-corrected chi connectivity index (χ0v) is 16.5. The molecule has 2 heterocycles. The van der Waals surface area contributed by atoms with Crippen LogP contribution in [0.25, 0.3) is 0 Å². The minimum Gasteiger partial charge on any atom is -0.463 e. The van der Waals surface area contributed by atoms with E-state index in [1.165, 1.54) is 13.8 Å². The Morgan fingerprint density at radius 3 is 2.46 bits per heavy atom. The molecule has 3 fully saturated rings. The lowest BCUT2D eigenvalue weighted by Crippen LogP contribution is -2.61. The first-order valence-corrected chi connectivity index (χ1v) is 9.96. The zero-order chi connectivity index (χ0) is 20.3. The summed E-state index contributed by atoms with van der Waals surface area (Å²) in [6, 6.07) is 0. The Morgan fingerprint density at radius 2 is 1.86 bits per heavy atom. The summed E-state index contributed by atoms with van der Waals surface area (Å²) in [6.07, 6.45) is 2.37. The number of fused-ring (bicyclic) bond motifs is 1. The molecular weight excluding hydrogens is 368 g/mol. The molecule has 0 aromatic carbocycles. The standard InChI is InChI=1S/C20H30O8/c1-4-8-15-17(25-13(3)22)19-18(16(26-15)14(23)11-24-12(2)21)27-20(28-19)9-6-5-7-10-20/h4,14-19,23H,1,5-11H2,2-3H3/t14-,15?,16+,17+,18-,19?/m1/s1. The monoisotopic (exact) mass is 398 g/mol. The maximum absolute atomic E-state index is 11.7. The van der Waals surface area contributed by atoms with E-state index in [9.17, 15) is 14.7 Å². The van der Waals surface area contributed by atoms with Gasteiger partial charge in [-0.15, -0.1) is 6.58 Å². The average molecular weight is 398 g/mol. The quantitative estimate of drug-likeness (QED) is 0.532. The molecular formula is C20H30O8. The van der Waals surface area contributed by atoms with Crippen molar-refractivity contribution in [2.75, 3.05) is 6.61 Å². The van der Waals surface area contributed by atoms with Crippen molar-refractivity contribution in [3.05, 3.63) is 12.7 Å². The lowest BCUT2D eigenvalue weighted by Gasteiger charge is -2.42. The normalized spacial score (nSPS) is 35.0. The first kappa shape index (κ1) is 21.2. The van der Waals surface area contributed by atoms with E-state index in [1.54, 1.807) is 6.08 Å². The van der Waals surface area contributed by atoms with Gasteiger partial charge in [-0.2, -0.15) is 0 Å². The molecule has 1 saturated carbocycles. The molecule has 8 heteroatoms. The van der Waals surface area contributed by atoms with Gasteiger partial charge in [0.15, 0.2) is 11.9 Å². The van der Waals surface area contributed by atoms with Crippen LogP contribution in [0.2, 0.25) is 0 Å². The molecule has 3 rings (SSSR count). The van der Waals surface area contributed by atoms with Gasteiger partial charge in [-0.1, -0.05) is 12.5 Å². The van der Waals surface area contributed by atoms with Crippen molar-refractivity contribution in [1.82, 2.24) is 0 Å². The highest BCUT2D eigenvalue weighted by Crippen LogP contribution is 2.46. The summed E-state index contributed by atoms with van der Waals surface area (Å²) in [6.45, 7) is 6.15. The molecule has 1 N–H and O–H groups in total. The van der Waals surface area contributed by atoms with E-state index in [0.29, 0.717) is 6.42 Å². The van der Waals surface area contributed by atoms with Crippen molar-refractivity contribution in [2.24, 2.45) is 0 Å². The van der Waals surface area contributed by atoms with E-state index < -0.39 is 54.3 Å². The number of aliphatic hydroxyl groups excluding tert-OH is 1. The Bertz CT molecular complexity index is 585. The molecule has 0 amide bonds. The molecule has 6 atom stereocenters. The highest BCUT2D eigenvalue weighted by Gasteiger charge is 2.60. The molecule has 3 aliphatic rings. The van der Waals surface area contributed by atoms with E-state index in [1.807, 2.05) is 0 Å². The van der Waals surface area contributed by atoms with E-state index in [-0.39, 0.29) is 6.61 Å².